The van der Waals surface area contributed by atoms with Crippen LogP contribution >= 0.6 is 11.6 Å². The normalized spacial score (nSPS) is 22.5. The van der Waals surface area contributed by atoms with Crippen molar-refractivity contribution in [2.24, 2.45) is 0 Å². The lowest BCUT2D eigenvalue weighted by molar-refractivity contribution is -0.0440. The van der Waals surface area contributed by atoms with Gasteiger partial charge in [-0.05, 0) is 32.0 Å². The lowest BCUT2D eigenvalue weighted by Gasteiger charge is -2.34. The Morgan fingerprint density at radius 2 is 1.79 bits per heavy atom. The van der Waals surface area contributed by atoms with Crippen LogP contribution in [0.25, 0.3) is 0 Å². The number of amides is 1. The molecule has 4 rings (SSSR count). The monoisotopic (exact) mass is 422 g/mol. The molecule has 1 saturated heterocycles. The quantitative estimate of drug-likeness (QED) is 0.800. The van der Waals surface area contributed by atoms with Gasteiger partial charge in [0, 0.05) is 19.2 Å². The highest BCUT2D eigenvalue weighted by Gasteiger charge is 2.35. The Kier molecular flexibility index (Phi) is 4.83. The standard InChI is InChI=1S/C19H19ClN2O5S/c1-11-9-22(10-12(2)26-11)28(24,25)18-7-13-17(8-14(18)20)27-16-6-4-3-5-15(16)21-19(13)23/h3-8,11-12H,9-10H2,1-2H3,(H,21,23)/t11-,12+. The van der Waals surface area contributed by atoms with E-state index in [-0.39, 0.29) is 46.5 Å². The number of fused-ring (bicyclic) bond motifs is 2. The van der Waals surface area contributed by atoms with Gasteiger partial charge in [0.15, 0.2) is 5.75 Å². The second kappa shape index (κ2) is 7.04. The van der Waals surface area contributed by atoms with Gasteiger partial charge in [-0.15, -0.1) is 0 Å². The van der Waals surface area contributed by atoms with Crippen molar-refractivity contribution in [1.29, 1.82) is 0 Å². The maximum absolute atomic E-state index is 13.2. The van der Waals surface area contributed by atoms with Gasteiger partial charge < -0.3 is 14.8 Å². The minimum Gasteiger partial charge on any atom is -0.454 e. The fraction of sp³-hybridized carbons (Fsp3) is 0.316. The van der Waals surface area contributed by atoms with Crippen molar-refractivity contribution >= 4 is 33.2 Å². The number of nitrogens with one attached hydrogen (secondary N) is 1. The van der Waals surface area contributed by atoms with Crippen LogP contribution in [-0.2, 0) is 14.8 Å². The zero-order valence-electron chi connectivity index (χ0n) is 15.3. The van der Waals surface area contributed by atoms with Crippen LogP contribution in [0.15, 0.2) is 41.3 Å². The SMILES string of the molecule is C[C@@H]1CN(S(=O)(=O)c2cc3c(cc2Cl)Oc2ccccc2NC3=O)C[C@H](C)O1. The Morgan fingerprint density at radius 1 is 1.11 bits per heavy atom. The number of carbonyl (C=O) groups excluding carboxylic acids is 1. The first-order valence-corrected chi connectivity index (χ1v) is 10.6. The van der Waals surface area contributed by atoms with Crippen molar-refractivity contribution in [1.82, 2.24) is 4.31 Å². The van der Waals surface area contributed by atoms with E-state index in [0.717, 1.165) is 0 Å². The number of rotatable bonds is 2. The number of carbonyl (C=O) groups is 1. The summed E-state index contributed by atoms with van der Waals surface area (Å²) >= 11 is 6.32. The van der Waals surface area contributed by atoms with Crippen LogP contribution in [-0.4, -0.2) is 43.9 Å². The second-order valence-electron chi connectivity index (χ2n) is 6.91. The van der Waals surface area contributed by atoms with E-state index < -0.39 is 15.9 Å². The summed E-state index contributed by atoms with van der Waals surface area (Å²) in [6.45, 7) is 4.06. The van der Waals surface area contributed by atoms with Crippen LogP contribution in [0.5, 0.6) is 11.5 Å². The van der Waals surface area contributed by atoms with Crippen LogP contribution in [0.1, 0.15) is 24.2 Å². The van der Waals surface area contributed by atoms with Gasteiger partial charge in [0.25, 0.3) is 5.91 Å². The predicted octanol–water partition coefficient (Wildman–Crippen LogP) is 3.50. The zero-order valence-corrected chi connectivity index (χ0v) is 16.9. The van der Waals surface area contributed by atoms with Crippen molar-refractivity contribution in [3.63, 3.8) is 0 Å². The molecule has 148 valence electrons. The molecule has 0 radical (unpaired) electrons. The Balaban J connectivity index is 1.77. The molecule has 9 heteroatoms. The minimum atomic E-state index is -3.91. The van der Waals surface area contributed by atoms with E-state index in [1.165, 1.54) is 16.4 Å². The number of sulfonamides is 1. The van der Waals surface area contributed by atoms with E-state index in [1.807, 2.05) is 13.8 Å². The number of benzene rings is 2. The summed E-state index contributed by atoms with van der Waals surface area (Å²) in [7, 11) is -3.91. The van der Waals surface area contributed by atoms with Crippen molar-refractivity contribution in [3.8, 4) is 11.5 Å². The molecule has 0 aromatic heterocycles. The summed E-state index contributed by atoms with van der Waals surface area (Å²) in [4.78, 5) is 12.6. The number of nitrogens with zero attached hydrogens (tertiary/aromatic N) is 1. The fourth-order valence-electron chi connectivity index (χ4n) is 3.43. The Bertz CT molecular complexity index is 1050. The average Bonchev–Trinajstić information content (AvgIpc) is 2.75. The van der Waals surface area contributed by atoms with Gasteiger partial charge in [-0.25, -0.2) is 8.42 Å². The Labute approximate surface area is 168 Å². The fourth-order valence-corrected chi connectivity index (χ4v) is 5.54. The van der Waals surface area contributed by atoms with Crippen LogP contribution in [0.2, 0.25) is 5.02 Å². The summed E-state index contributed by atoms with van der Waals surface area (Å²) in [6.07, 6.45) is -0.474. The molecule has 0 aliphatic carbocycles. The van der Waals surface area contributed by atoms with Gasteiger partial charge in [-0.3, -0.25) is 4.79 Å². The first-order valence-electron chi connectivity index (χ1n) is 8.83. The second-order valence-corrected chi connectivity index (χ2v) is 9.22. The first kappa shape index (κ1) is 19.2. The molecule has 0 spiro atoms. The summed E-state index contributed by atoms with van der Waals surface area (Å²) in [6, 6.07) is 9.60. The molecule has 2 atom stereocenters. The van der Waals surface area contributed by atoms with Gasteiger partial charge in [-0.2, -0.15) is 4.31 Å². The molecule has 2 aromatic carbocycles. The van der Waals surface area contributed by atoms with Gasteiger partial charge in [0.2, 0.25) is 10.0 Å². The van der Waals surface area contributed by atoms with Crippen LogP contribution in [0.4, 0.5) is 5.69 Å². The Hall–Kier alpha value is -2.13. The highest BCUT2D eigenvalue weighted by atomic mass is 35.5. The van der Waals surface area contributed by atoms with E-state index in [1.54, 1.807) is 24.3 Å². The molecule has 28 heavy (non-hydrogen) atoms. The number of para-hydroxylation sites is 2. The molecule has 2 aliphatic heterocycles. The topological polar surface area (TPSA) is 84.9 Å². The summed E-state index contributed by atoms with van der Waals surface area (Å²) in [5.74, 6) is 0.198. The van der Waals surface area contributed by atoms with E-state index in [9.17, 15) is 13.2 Å². The molecule has 2 aromatic rings. The number of anilines is 1. The number of ether oxygens (including phenoxy) is 2. The zero-order chi connectivity index (χ0) is 20.1. The summed E-state index contributed by atoms with van der Waals surface area (Å²) in [5, 5.41) is 2.73. The number of morpholine rings is 1. The summed E-state index contributed by atoms with van der Waals surface area (Å²) in [5.41, 5.74) is 0.605. The molecular weight excluding hydrogens is 404 g/mol. The van der Waals surface area contributed by atoms with Crippen molar-refractivity contribution in [2.45, 2.75) is 31.0 Å². The highest BCUT2D eigenvalue weighted by Crippen LogP contribution is 2.39. The van der Waals surface area contributed by atoms with Crippen LogP contribution in [0.3, 0.4) is 0 Å². The van der Waals surface area contributed by atoms with Gasteiger partial charge in [-0.1, -0.05) is 23.7 Å². The lowest BCUT2D eigenvalue weighted by atomic mass is 10.2. The molecular formula is C19H19ClN2O5S. The highest BCUT2D eigenvalue weighted by molar-refractivity contribution is 7.89. The lowest BCUT2D eigenvalue weighted by Crippen LogP contribution is -2.48. The third-order valence-electron chi connectivity index (χ3n) is 4.64. The number of hydrogen-bond acceptors (Lipinski definition) is 5. The molecule has 0 bridgehead atoms. The molecule has 2 heterocycles. The van der Waals surface area contributed by atoms with E-state index in [0.29, 0.717) is 11.4 Å². The predicted molar refractivity (Wildman–Crippen MR) is 105 cm³/mol. The van der Waals surface area contributed by atoms with Gasteiger partial charge >= 0.3 is 0 Å². The molecule has 1 N–H and O–H groups in total. The van der Waals surface area contributed by atoms with Crippen LogP contribution < -0.4 is 10.1 Å². The molecule has 7 nitrogen and oxygen atoms in total. The molecule has 0 saturated carbocycles. The van der Waals surface area contributed by atoms with Crippen molar-refractivity contribution in [2.75, 3.05) is 18.4 Å². The van der Waals surface area contributed by atoms with E-state index >= 15 is 0 Å². The summed E-state index contributed by atoms with van der Waals surface area (Å²) < 4.78 is 39.2. The molecule has 1 fully saturated rings. The van der Waals surface area contributed by atoms with Gasteiger partial charge in [0.05, 0.1) is 28.5 Å². The molecule has 2 aliphatic rings. The molecule has 1 amide bonds. The van der Waals surface area contributed by atoms with E-state index in [2.05, 4.69) is 5.32 Å². The number of halogens is 1. The third-order valence-corrected chi connectivity index (χ3v) is 6.93. The maximum Gasteiger partial charge on any atom is 0.259 e. The van der Waals surface area contributed by atoms with E-state index in [4.69, 9.17) is 21.1 Å². The smallest absolute Gasteiger partial charge is 0.259 e. The largest absolute Gasteiger partial charge is 0.454 e. The first-order chi connectivity index (χ1) is 13.3. The Morgan fingerprint density at radius 3 is 2.50 bits per heavy atom. The maximum atomic E-state index is 13.2. The van der Waals surface area contributed by atoms with Gasteiger partial charge in [0.1, 0.15) is 10.6 Å². The minimum absolute atomic E-state index is 0.00210. The average molecular weight is 423 g/mol. The van der Waals surface area contributed by atoms with Crippen LogP contribution in [0, 0.1) is 0 Å². The third kappa shape index (κ3) is 3.37. The van der Waals surface area contributed by atoms with Crippen molar-refractivity contribution in [3.05, 3.63) is 47.0 Å². The molecule has 0 unspecified atom stereocenters. The van der Waals surface area contributed by atoms with Crippen molar-refractivity contribution < 1.29 is 22.7 Å². The number of hydrogen-bond donors (Lipinski definition) is 1.